The molecule has 1 unspecified atom stereocenters. The fraction of sp³-hybridized carbons (Fsp3) is 0.500. The van der Waals surface area contributed by atoms with Crippen molar-refractivity contribution in [2.24, 2.45) is 0 Å². The Morgan fingerprint density at radius 1 is 1.24 bits per heavy atom. The van der Waals surface area contributed by atoms with Gasteiger partial charge in [-0.15, -0.1) is 0 Å². The summed E-state index contributed by atoms with van der Waals surface area (Å²) in [5, 5.41) is 2.52. The Kier molecular flexibility index (Phi) is 7.16. The van der Waals surface area contributed by atoms with Crippen molar-refractivity contribution >= 4 is 5.91 Å². The standard InChI is InChI=1S/C20H24F3N3O3/c1-5-6-11(2)14-9-12(3)17(19(28)29-14)18(27)24-8-7-16-25-13(4)10-15(26-16)20(21,22)23/h9-11H,5-8H2,1-4H3,(H,24,27). The molecule has 2 heterocycles. The normalized spacial score (nSPS) is 12.7. The molecular weight excluding hydrogens is 387 g/mol. The highest BCUT2D eigenvalue weighted by Gasteiger charge is 2.33. The van der Waals surface area contributed by atoms with E-state index in [0.717, 1.165) is 18.9 Å². The van der Waals surface area contributed by atoms with E-state index >= 15 is 0 Å². The van der Waals surface area contributed by atoms with E-state index in [0.29, 0.717) is 11.3 Å². The minimum Gasteiger partial charge on any atom is -0.427 e. The molecule has 6 nitrogen and oxygen atoms in total. The van der Waals surface area contributed by atoms with Gasteiger partial charge in [-0.3, -0.25) is 4.79 Å². The molecule has 158 valence electrons. The maximum absolute atomic E-state index is 12.8. The van der Waals surface area contributed by atoms with E-state index in [2.05, 4.69) is 15.3 Å². The molecule has 0 saturated carbocycles. The number of nitrogens with zero attached hydrogens (tertiary/aromatic N) is 2. The van der Waals surface area contributed by atoms with Gasteiger partial charge < -0.3 is 9.73 Å². The molecule has 0 bridgehead atoms. The van der Waals surface area contributed by atoms with E-state index in [9.17, 15) is 22.8 Å². The van der Waals surface area contributed by atoms with Gasteiger partial charge in [-0.1, -0.05) is 20.3 Å². The topological polar surface area (TPSA) is 85.1 Å². The molecule has 2 rings (SSSR count). The highest BCUT2D eigenvalue weighted by Crippen LogP contribution is 2.27. The molecule has 1 amide bonds. The quantitative estimate of drug-likeness (QED) is 0.746. The van der Waals surface area contributed by atoms with Crippen LogP contribution in [0.4, 0.5) is 13.2 Å². The van der Waals surface area contributed by atoms with Crippen molar-refractivity contribution in [3.05, 3.63) is 56.7 Å². The van der Waals surface area contributed by atoms with Crippen molar-refractivity contribution < 1.29 is 22.4 Å². The molecule has 2 aromatic heterocycles. The van der Waals surface area contributed by atoms with Crippen LogP contribution in [0.5, 0.6) is 0 Å². The Labute approximate surface area is 166 Å². The summed E-state index contributed by atoms with van der Waals surface area (Å²) in [5.74, 6) is -0.0942. The highest BCUT2D eigenvalue weighted by atomic mass is 19.4. The first kappa shape index (κ1) is 22.6. The third-order valence-electron chi connectivity index (χ3n) is 4.43. The molecule has 0 radical (unpaired) electrons. The van der Waals surface area contributed by atoms with Gasteiger partial charge >= 0.3 is 11.8 Å². The second kappa shape index (κ2) is 9.19. The number of aryl methyl sites for hydroxylation is 2. The zero-order valence-electron chi connectivity index (χ0n) is 16.8. The second-order valence-electron chi connectivity index (χ2n) is 7.00. The summed E-state index contributed by atoms with van der Waals surface area (Å²) < 4.78 is 43.8. The first-order valence-corrected chi connectivity index (χ1v) is 9.37. The van der Waals surface area contributed by atoms with Gasteiger partial charge in [-0.25, -0.2) is 14.8 Å². The molecule has 0 aliphatic heterocycles. The SMILES string of the molecule is CCCC(C)c1cc(C)c(C(=O)NCCc2nc(C)cc(C(F)(F)F)n2)c(=O)o1. The zero-order chi connectivity index (χ0) is 21.8. The van der Waals surface area contributed by atoms with Crippen LogP contribution in [0, 0.1) is 13.8 Å². The number of carbonyl (C=O) groups excluding carboxylic acids is 1. The van der Waals surface area contributed by atoms with Gasteiger partial charge in [0, 0.05) is 24.6 Å². The number of amides is 1. The molecule has 29 heavy (non-hydrogen) atoms. The Bertz CT molecular complexity index is 939. The van der Waals surface area contributed by atoms with Crippen LogP contribution in [0.2, 0.25) is 0 Å². The maximum Gasteiger partial charge on any atom is 0.433 e. The summed E-state index contributed by atoms with van der Waals surface area (Å²) in [4.78, 5) is 32.1. The van der Waals surface area contributed by atoms with Gasteiger partial charge in [0.25, 0.3) is 5.91 Å². The lowest BCUT2D eigenvalue weighted by atomic mass is 10.0. The Hall–Kier alpha value is -2.71. The predicted molar refractivity (Wildman–Crippen MR) is 101 cm³/mol. The van der Waals surface area contributed by atoms with Crippen LogP contribution >= 0.6 is 0 Å². The summed E-state index contributed by atoms with van der Waals surface area (Å²) in [7, 11) is 0. The summed E-state index contributed by atoms with van der Waals surface area (Å²) in [6, 6.07) is 2.54. The van der Waals surface area contributed by atoms with Crippen LogP contribution in [0.1, 0.15) is 71.5 Å². The van der Waals surface area contributed by atoms with Gasteiger partial charge in [-0.2, -0.15) is 13.2 Å². The molecule has 1 N–H and O–H groups in total. The molecule has 2 aromatic rings. The van der Waals surface area contributed by atoms with Crippen LogP contribution < -0.4 is 10.9 Å². The van der Waals surface area contributed by atoms with Gasteiger partial charge in [0.1, 0.15) is 22.8 Å². The van der Waals surface area contributed by atoms with Gasteiger partial charge in [0.15, 0.2) is 0 Å². The molecule has 1 atom stereocenters. The number of halogens is 3. The van der Waals surface area contributed by atoms with Crippen LogP contribution in [0.15, 0.2) is 21.3 Å². The molecule has 0 fully saturated rings. The molecule has 0 aliphatic carbocycles. The van der Waals surface area contributed by atoms with Gasteiger partial charge in [0.2, 0.25) is 0 Å². The van der Waals surface area contributed by atoms with E-state index < -0.39 is 23.4 Å². The third-order valence-corrected chi connectivity index (χ3v) is 4.43. The maximum atomic E-state index is 12.8. The highest BCUT2D eigenvalue weighted by molar-refractivity contribution is 5.95. The Morgan fingerprint density at radius 3 is 2.52 bits per heavy atom. The molecule has 0 spiro atoms. The van der Waals surface area contributed by atoms with E-state index in [-0.39, 0.29) is 36.0 Å². The summed E-state index contributed by atoms with van der Waals surface area (Å²) in [6.45, 7) is 7.03. The lowest BCUT2D eigenvalue weighted by Crippen LogP contribution is -2.31. The average molecular weight is 411 g/mol. The fourth-order valence-corrected chi connectivity index (χ4v) is 2.99. The first-order chi connectivity index (χ1) is 13.5. The smallest absolute Gasteiger partial charge is 0.427 e. The van der Waals surface area contributed by atoms with Gasteiger partial charge in [0.05, 0.1) is 0 Å². The van der Waals surface area contributed by atoms with Crippen molar-refractivity contribution in [3.8, 4) is 0 Å². The van der Waals surface area contributed by atoms with Crippen LogP contribution in [0.3, 0.4) is 0 Å². The third kappa shape index (κ3) is 5.88. The van der Waals surface area contributed by atoms with E-state index in [1.165, 1.54) is 6.92 Å². The lowest BCUT2D eigenvalue weighted by Gasteiger charge is -2.12. The monoisotopic (exact) mass is 411 g/mol. The van der Waals surface area contributed by atoms with Crippen molar-refractivity contribution in [1.29, 1.82) is 0 Å². The van der Waals surface area contributed by atoms with E-state index in [4.69, 9.17) is 4.42 Å². The number of alkyl halides is 3. The number of aromatic nitrogens is 2. The number of hydrogen-bond donors (Lipinski definition) is 1. The minimum atomic E-state index is -4.57. The van der Waals surface area contributed by atoms with E-state index in [1.807, 2.05) is 13.8 Å². The predicted octanol–water partition coefficient (Wildman–Crippen LogP) is 3.94. The van der Waals surface area contributed by atoms with Crippen LogP contribution in [-0.4, -0.2) is 22.4 Å². The summed E-state index contributed by atoms with van der Waals surface area (Å²) >= 11 is 0. The molecule has 9 heteroatoms. The second-order valence-corrected chi connectivity index (χ2v) is 7.00. The van der Waals surface area contributed by atoms with Crippen LogP contribution in [0.25, 0.3) is 0 Å². The number of carbonyl (C=O) groups is 1. The summed E-state index contributed by atoms with van der Waals surface area (Å²) in [5.41, 5.74) is -1.20. The molecular formula is C20H24F3N3O3. The number of nitrogens with one attached hydrogen (secondary N) is 1. The lowest BCUT2D eigenvalue weighted by molar-refractivity contribution is -0.141. The van der Waals surface area contributed by atoms with E-state index in [1.54, 1.807) is 13.0 Å². The number of hydrogen-bond acceptors (Lipinski definition) is 5. The molecule has 0 aliphatic rings. The largest absolute Gasteiger partial charge is 0.433 e. The Balaban J connectivity index is 2.09. The summed E-state index contributed by atoms with van der Waals surface area (Å²) in [6.07, 6.45) is -2.79. The molecule has 0 saturated heterocycles. The minimum absolute atomic E-state index is 0.00744. The number of rotatable bonds is 7. The van der Waals surface area contributed by atoms with Crippen molar-refractivity contribution in [1.82, 2.24) is 15.3 Å². The van der Waals surface area contributed by atoms with Gasteiger partial charge in [-0.05, 0) is 38.0 Å². The molecule has 0 aromatic carbocycles. The van der Waals surface area contributed by atoms with Crippen LogP contribution in [-0.2, 0) is 12.6 Å². The average Bonchev–Trinajstić information content (AvgIpc) is 2.60. The van der Waals surface area contributed by atoms with Crippen molar-refractivity contribution in [3.63, 3.8) is 0 Å². The zero-order valence-corrected chi connectivity index (χ0v) is 16.8. The first-order valence-electron chi connectivity index (χ1n) is 9.37. The van der Waals surface area contributed by atoms with Crippen molar-refractivity contribution in [2.75, 3.05) is 6.54 Å². The Morgan fingerprint density at radius 2 is 1.93 bits per heavy atom. The fourth-order valence-electron chi connectivity index (χ4n) is 2.99. The van der Waals surface area contributed by atoms with Crippen molar-refractivity contribution in [2.45, 2.75) is 59.1 Å².